The first-order chi connectivity index (χ1) is 12.4. The van der Waals surface area contributed by atoms with Gasteiger partial charge in [0.1, 0.15) is 6.04 Å². The summed E-state index contributed by atoms with van der Waals surface area (Å²) < 4.78 is 0. The van der Waals surface area contributed by atoms with Gasteiger partial charge in [-0.1, -0.05) is 25.4 Å². The SMILES string of the molecule is CC(C)C[C@H](NC(=O)Nc1ccc(Cl)cc1)C(=O)NCC1CCNCC1.Cl. The number of amides is 3. The van der Waals surface area contributed by atoms with Crippen LogP contribution in [0.25, 0.3) is 0 Å². The zero-order valence-corrected chi connectivity index (χ0v) is 17.5. The van der Waals surface area contributed by atoms with E-state index in [1.807, 2.05) is 13.8 Å². The lowest BCUT2D eigenvalue weighted by molar-refractivity contribution is -0.123. The van der Waals surface area contributed by atoms with E-state index in [0.717, 1.165) is 25.9 Å². The second-order valence-electron chi connectivity index (χ2n) is 7.23. The van der Waals surface area contributed by atoms with Crippen molar-refractivity contribution in [2.45, 2.75) is 39.2 Å². The molecule has 2 rings (SSSR count). The van der Waals surface area contributed by atoms with E-state index in [1.165, 1.54) is 0 Å². The van der Waals surface area contributed by atoms with Crippen LogP contribution in [-0.4, -0.2) is 37.6 Å². The first-order valence-electron chi connectivity index (χ1n) is 9.25. The third-order valence-corrected chi connectivity index (χ3v) is 4.71. The van der Waals surface area contributed by atoms with Crippen molar-refractivity contribution in [2.24, 2.45) is 11.8 Å². The summed E-state index contributed by atoms with van der Waals surface area (Å²) in [6.07, 6.45) is 2.73. The topological polar surface area (TPSA) is 82.3 Å². The molecule has 0 unspecified atom stereocenters. The molecular weight excluding hydrogens is 387 g/mol. The van der Waals surface area contributed by atoms with Crippen molar-refractivity contribution in [2.75, 3.05) is 25.0 Å². The van der Waals surface area contributed by atoms with Crippen LogP contribution in [0.4, 0.5) is 10.5 Å². The summed E-state index contributed by atoms with van der Waals surface area (Å²) in [6, 6.07) is 5.90. The summed E-state index contributed by atoms with van der Waals surface area (Å²) in [6.45, 7) is 6.72. The number of carbonyl (C=O) groups is 2. The molecule has 0 radical (unpaired) electrons. The lowest BCUT2D eigenvalue weighted by Gasteiger charge is -2.25. The predicted molar refractivity (Wildman–Crippen MR) is 113 cm³/mol. The van der Waals surface area contributed by atoms with E-state index in [-0.39, 0.29) is 18.3 Å². The average Bonchev–Trinajstić information content (AvgIpc) is 2.61. The van der Waals surface area contributed by atoms with Crippen molar-refractivity contribution < 1.29 is 9.59 Å². The average molecular weight is 417 g/mol. The minimum absolute atomic E-state index is 0. The molecular formula is C19H30Cl2N4O2. The molecule has 1 aromatic rings. The lowest BCUT2D eigenvalue weighted by atomic mass is 9.97. The maximum Gasteiger partial charge on any atom is 0.319 e. The van der Waals surface area contributed by atoms with Crippen molar-refractivity contribution in [3.05, 3.63) is 29.3 Å². The predicted octanol–water partition coefficient (Wildman–Crippen LogP) is 3.41. The van der Waals surface area contributed by atoms with Crippen molar-refractivity contribution in [1.82, 2.24) is 16.0 Å². The minimum Gasteiger partial charge on any atom is -0.354 e. The van der Waals surface area contributed by atoms with E-state index >= 15 is 0 Å². The highest BCUT2D eigenvalue weighted by atomic mass is 35.5. The third-order valence-electron chi connectivity index (χ3n) is 4.45. The Morgan fingerprint density at radius 2 is 1.81 bits per heavy atom. The normalized spacial score (nSPS) is 15.6. The highest BCUT2D eigenvalue weighted by molar-refractivity contribution is 6.30. The molecule has 1 heterocycles. The second-order valence-corrected chi connectivity index (χ2v) is 7.66. The molecule has 0 bridgehead atoms. The number of nitrogens with one attached hydrogen (secondary N) is 4. The minimum atomic E-state index is -0.552. The van der Waals surface area contributed by atoms with Crippen LogP contribution >= 0.6 is 24.0 Å². The van der Waals surface area contributed by atoms with Crippen LogP contribution in [0.2, 0.25) is 5.02 Å². The van der Waals surface area contributed by atoms with Crippen LogP contribution in [0.15, 0.2) is 24.3 Å². The number of carbonyl (C=O) groups excluding carboxylic acids is 2. The van der Waals surface area contributed by atoms with Gasteiger partial charge in [-0.05, 0) is 68.5 Å². The molecule has 6 nitrogen and oxygen atoms in total. The van der Waals surface area contributed by atoms with Gasteiger partial charge in [-0.3, -0.25) is 4.79 Å². The van der Waals surface area contributed by atoms with E-state index in [0.29, 0.717) is 35.5 Å². The van der Waals surface area contributed by atoms with Gasteiger partial charge in [0.2, 0.25) is 5.91 Å². The summed E-state index contributed by atoms with van der Waals surface area (Å²) >= 11 is 5.84. The lowest BCUT2D eigenvalue weighted by Crippen LogP contribution is -2.50. The molecule has 1 aliphatic heterocycles. The fourth-order valence-corrected chi connectivity index (χ4v) is 3.14. The monoisotopic (exact) mass is 416 g/mol. The number of rotatable bonds is 7. The van der Waals surface area contributed by atoms with E-state index in [9.17, 15) is 9.59 Å². The Morgan fingerprint density at radius 1 is 1.19 bits per heavy atom. The summed E-state index contributed by atoms with van der Waals surface area (Å²) in [4.78, 5) is 24.8. The zero-order valence-electron chi connectivity index (χ0n) is 15.9. The standard InChI is InChI=1S/C19H29ClN4O2.ClH/c1-13(2)11-17(18(25)22-12-14-7-9-21-10-8-14)24-19(26)23-16-5-3-15(20)4-6-16;/h3-6,13-14,17,21H,7-12H2,1-2H3,(H,22,25)(H2,23,24,26);1H/t17-;/m0./s1. The van der Waals surface area contributed by atoms with Gasteiger partial charge in [0.15, 0.2) is 0 Å². The van der Waals surface area contributed by atoms with Gasteiger partial charge < -0.3 is 21.3 Å². The van der Waals surface area contributed by atoms with Gasteiger partial charge >= 0.3 is 6.03 Å². The van der Waals surface area contributed by atoms with E-state index < -0.39 is 12.1 Å². The fourth-order valence-electron chi connectivity index (χ4n) is 3.02. The summed E-state index contributed by atoms with van der Waals surface area (Å²) in [5, 5.41) is 12.5. The Labute approximate surface area is 172 Å². The molecule has 4 N–H and O–H groups in total. The Kier molecular flexibility index (Phi) is 10.5. The number of benzene rings is 1. The first kappa shape index (κ1) is 23.5. The number of urea groups is 1. The van der Waals surface area contributed by atoms with Gasteiger partial charge in [0, 0.05) is 17.3 Å². The van der Waals surface area contributed by atoms with Crippen LogP contribution < -0.4 is 21.3 Å². The second kappa shape index (κ2) is 12.1. The van der Waals surface area contributed by atoms with E-state index in [1.54, 1.807) is 24.3 Å². The number of hydrogen-bond donors (Lipinski definition) is 4. The zero-order chi connectivity index (χ0) is 18.9. The molecule has 0 spiro atoms. The number of halogens is 2. The number of anilines is 1. The highest BCUT2D eigenvalue weighted by Crippen LogP contribution is 2.14. The maximum absolute atomic E-state index is 12.6. The summed E-state index contributed by atoms with van der Waals surface area (Å²) in [5.74, 6) is 0.673. The van der Waals surface area contributed by atoms with Gasteiger partial charge in [-0.2, -0.15) is 0 Å². The molecule has 8 heteroatoms. The Morgan fingerprint density at radius 3 is 2.41 bits per heavy atom. The fraction of sp³-hybridized carbons (Fsp3) is 0.579. The molecule has 1 aliphatic rings. The molecule has 0 aliphatic carbocycles. The molecule has 0 aromatic heterocycles. The number of piperidine rings is 1. The summed E-state index contributed by atoms with van der Waals surface area (Å²) in [5.41, 5.74) is 0.630. The van der Waals surface area contributed by atoms with E-state index in [2.05, 4.69) is 21.3 Å². The quantitative estimate of drug-likeness (QED) is 0.549. The Hall–Kier alpha value is -1.50. The van der Waals surface area contributed by atoms with Gasteiger partial charge in [0.25, 0.3) is 0 Å². The molecule has 1 aromatic carbocycles. The molecule has 27 heavy (non-hydrogen) atoms. The smallest absolute Gasteiger partial charge is 0.319 e. The Bertz CT molecular complexity index is 590. The van der Waals surface area contributed by atoms with Crippen molar-refractivity contribution in [1.29, 1.82) is 0 Å². The van der Waals surface area contributed by atoms with Gasteiger partial charge in [0.05, 0.1) is 0 Å². The van der Waals surface area contributed by atoms with Crippen LogP contribution in [0.1, 0.15) is 33.1 Å². The van der Waals surface area contributed by atoms with Crippen molar-refractivity contribution in [3.63, 3.8) is 0 Å². The van der Waals surface area contributed by atoms with Gasteiger partial charge in [-0.15, -0.1) is 12.4 Å². The van der Waals surface area contributed by atoms with Crippen LogP contribution in [0, 0.1) is 11.8 Å². The highest BCUT2D eigenvalue weighted by Gasteiger charge is 2.23. The number of hydrogen-bond acceptors (Lipinski definition) is 3. The van der Waals surface area contributed by atoms with Gasteiger partial charge in [-0.25, -0.2) is 4.79 Å². The summed E-state index contributed by atoms with van der Waals surface area (Å²) in [7, 11) is 0. The van der Waals surface area contributed by atoms with Crippen LogP contribution in [0.5, 0.6) is 0 Å². The Balaban J connectivity index is 0.00000364. The molecule has 152 valence electrons. The largest absolute Gasteiger partial charge is 0.354 e. The van der Waals surface area contributed by atoms with Crippen molar-refractivity contribution in [3.8, 4) is 0 Å². The molecule has 1 atom stereocenters. The van der Waals surface area contributed by atoms with Crippen LogP contribution in [-0.2, 0) is 4.79 Å². The molecule has 1 saturated heterocycles. The van der Waals surface area contributed by atoms with Crippen molar-refractivity contribution >= 4 is 41.6 Å². The first-order valence-corrected chi connectivity index (χ1v) is 9.63. The maximum atomic E-state index is 12.6. The molecule has 1 fully saturated rings. The third kappa shape index (κ3) is 8.82. The molecule has 0 saturated carbocycles. The molecule has 3 amide bonds. The van der Waals surface area contributed by atoms with Crippen LogP contribution in [0.3, 0.4) is 0 Å². The van der Waals surface area contributed by atoms with E-state index in [4.69, 9.17) is 11.6 Å².